The summed E-state index contributed by atoms with van der Waals surface area (Å²) in [6, 6.07) is 22.1. The summed E-state index contributed by atoms with van der Waals surface area (Å²) in [6.07, 6.45) is 6.94. The van der Waals surface area contributed by atoms with Crippen LogP contribution in [0.5, 0.6) is 5.75 Å². The van der Waals surface area contributed by atoms with Crippen LogP contribution >= 0.6 is 0 Å². The molecule has 0 aliphatic rings. The molecule has 0 aliphatic heterocycles. The molecule has 164 valence electrons. The second-order valence-electron chi connectivity index (χ2n) is 7.55. The minimum Gasteiger partial charge on any atom is -0.486 e. The summed E-state index contributed by atoms with van der Waals surface area (Å²) in [4.78, 5) is 11.9. The fraction of sp³-hybridized carbons (Fsp3) is 0.222. The molecule has 32 heavy (non-hydrogen) atoms. The number of furan rings is 1. The van der Waals surface area contributed by atoms with Gasteiger partial charge in [-0.25, -0.2) is 0 Å². The molecule has 0 saturated heterocycles. The van der Waals surface area contributed by atoms with E-state index in [0.717, 1.165) is 34.7 Å². The lowest BCUT2D eigenvalue weighted by Gasteiger charge is -2.07. The first-order chi connectivity index (χ1) is 15.7. The van der Waals surface area contributed by atoms with Crippen LogP contribution in [-0.2, 0) is 29.1 Å². The monoisotopic (exact) mass is 429 g/mol. The summed E-state index contributed by atoms with van der Waals surface area (Å²) in [5.74, 6) is 1.44. The lowest BCUT2D eigenvalue weighted by molar-refractivity contribution is -0.143. The van der Waals surface area contributed by atoms with E-state index < -0.39 is 0 Å². The summed E-state index contributed by atoms with van der Waals surface area (Å²) in [5, 5.41) is 0. The van der Waals surface area contributed by atoms with E-state index in [1.54, 1.807) is 6.26 Å². The number of carbonyl (C=O) groups is 1. The first-order valence-electron chi connectivity index (χ1n) is 10.8. The van der Waals surface area contributed by atoms with Gasteiger partial charge in [-0.15, -0.1) is 0 Å². The molecule has 0 fully saturated rings. The summed E-state index contributed by atoms with van der Waals surface area (Å²) in [5.41, 5.74) is 4.60. The molecular weight excluding hydrogens is 402 g/mol. The minimum atomic E-state index is -0.163. The van der Waals surface area contributed by atoms with Gasteiger partial charge in [0.25, 0.3) is 0 Å². The van der Waals surface area contributed by atoms with Gasteiger partial charge in [0.05, 0.1) is 12.9 Å². The highest BCUT2D eigenvalue weighted by Gasteiger charge is 2.12. The molecule has 0 radical (unpaired) electrons. The van der Waals surface area contributed by atoms with Crippen LogP contribution in [0, 0.1) is 0 Å². The Morgan fingerprint density at radius 1 is 0.969 bits per heavy atom. The van der Waals surface area contributed by atoms with Gasteiger partial charge < -0.3 is 18.5 Å². The van der Waals surface area contributed by atoms with E-state index in [0.29, 0.717) is 26.1 Å². The Balaban J connectivity index is 1.46. The highest BCUT2D eigenvalue weighted by Crippen LogP contribution is 2.27. The van der Waals surface area contributed by atoms with Crippen molar-refractivity contribution in [2.24, 2.45) is 0 Å². The molecule has 5 nitrogen and oxygen atoms in total. The van der Waals surface area contributed by atoms with Gasteiger partial charge in [-0.05, 0) is 54.3 Å². The third kappa shape index (κ3) is 5.70. The molecule has 0 unspecified atom stereocenters. The van der Waals surface area contributed by atoms with Gasteiger partial charge >= 0.3 is 5.97 Å². The standard InChI is InChI=1S/C27H27NO4/c1-2-30-27(29)15-12-23-18-28(19-26(23)22-7-4-3-5-8-22)17-21-10-13-24(14-11-21)32-20-25-9-6-16-31-25/h3-11,13-14,16,18-19H,2,12,15,17,20H2,1H3. The molecule has 4 rings (SSSR count). The Kier molecular flexibility index (Phi) is 7.08. The lowest BCUT2D eigenvalue weighted by Crippen LogP contribution is -2.05. The van der Waals surface area contributed by atoms with Crippen molar-refractivity contribution in [2.75, 3.05) is 6.61 Å². The zero-order valence-electron chi connectivity index (χ0n) is 18.2. The molecule has 2 aromatic carbocycles. The van der Waals surface area contributed by atoms with E-state index >= 15 is 0 Å². The first-order valence-corrected chi connectivity index (χ1v) is 10.8. The van der Waals surface area contributed by atoms with Crippen LogP contribution in [0.2, 0.25) is 0 Å². The molecule has 0 saturated carbocycles. The SMILES string of the molecule is CCOC(=O)CCc1cn(Cc2ccc(OCc3ccco3)cc2)cc1-c1ccccc1. The summed E-state index contributed by atoms with van der Waals surface area (Å²) >= 11 is 0. The summed E-state index contributed by atoms with van der Waals surface area (Å²) in [6.45, 7) is 3.38. The largest absolute Gasteiger partial charge is 0.486 e. The molecule has 0 aliphatic carbocycles. The molecule has 4 aromatic rings. The van der Waals surface area contributed by atoms with Crippen LogP contribution in [0.1, 0.15) is 30.2 Å². The van der Waals surface area contributed by atoms with Gasteiger partial charge in [0, 0.05) is 30.9 Å². The average Bonchev–Trinajstić information content (AvgIpc) is 3.48. The smallest absolute Gasteiger partial charge is 0.306 e. The quantitative estimate of drug-likeness (QED) is 0.296. The van der Waals surface area contributed by atoms with Crippen molar-refractivity contribution in [3.63, 3.8) is 0 Å². The molecule has 2 aromatic heterocycles. The third-order valence-electron chi connectivity index (χ3n) is 5.20. The number of ether oxygens (including phenoxy) is 2. The van der Waals surface area contributed by atoms with Gasteiger partial charge in [-0.2, -0.15) is 0 Å². The second kappa shape index (κ2) is 10.5. The van der Waals surface area contributed by atoms with Gasteiger partial charge in [-0.1, -0.05) is 42.5 Å². The summed E-state index contributed by atoms with van der Waals surface area (Å²) in [7, 11) is 0. The minimum absolute atomic E-state index is 0.163. The predicted molar refractivity (Wildman–Crippen MR) is 123 cm³/mol. The van der Waals surface area contributed by atoms with Crippen LogP contribution in [-0.4, -0.2) is 17.1 Å². The number of aryl methyl sites for hydroxylation is 1. The predicted octanol–water partition coefficient (Wildman–Crippen LogP) is 5.87. The van der Waals surface area contributed by atoms with Crippen LogP contribution in [0.3, 0.4) is 0 Å². The number of rotatable bonds is 10. The number of nitrogens with zero attached hydrogens (tertiary/aromatic N) is 1. The van der Waals surface area contributed by atoms with Crippen molar-refractivity contribution in [2.45, 2.75) is 32.9 Å². The van der Waals surface area contributed by atoms with E-state index in [2.05, 4.69) is 41.2 Å². The number of hydrogen-bond acceptors (Lipinski definition) is 4. The molecule has 5 heteroatoms. The Labute approximate surface area is 188 Å². The van der Waals surface area contributed by atoms with Gasteiger partial charge in [-0.3, -0.25) is 4.79 Å². The Hall–Kier alpha value is -3.73. The molecule has 0 spiro atoms. The fourth-order valence-electron chi connectivity index (χ4n) is 3.64. The van der Waals surface area contributed by atoms with E-state index in [9.17, 15) is 4.79 Å². The van der Waals surface area contributed by atoms with Gasteiger partial charge in [0.1, 0.15) is 18.1 Å². The summed E-state index contributed by atoms with van der Waals surface area (Å²) < 4.78 is 18.3. The number of aromatic nitrogens is 1. The zero-order valence-corrected chi connectivity index (χ0v) is 18.2. The molecule has 0 N–H and O–H groups in total. The molecule has 0 bridgehead atoms. The van der Waals surface area contributed by atoms with E-state index in [1.165, 1.54) is 5.56 Å². The van der Waals surface area contributed by atoms with Crippen molar-refractivity contribution in [3.05, 3.63) is 102 Å². The van der Waals surface area contributed by atoms with Crippen molar-refractivity contribution in [3.8, 4) is 16.9 Å². The average molecular weight is 430 g/mol. The van der Waals surface area contributed by atoms with Crippen LogP contribution in [0.25, 0.3) is 11.1 Å². The third-order valence-corrected chi connectivity index (χ3v) is 5.20. The number of benzene rings is 2. The van der Waals surface area contributed by atoms with Crippen molar-refractivity contribution >= 4 is 5.97 Å². The second-order valence-corrected chi connectivity index (χ2v) is 7.55. The highest BCUT2D eigenvalue weighted by molar-refractivity contribution is 5.72. The molecule has 0 atom stereocenters. The van der Waals surface area contributed by atoms with Crippen LogP contribution in [0.15, 0.2) is 89.8 Å². The van der Waals surface area contributed by atoms with E-state index in [-0.39, 0.29) is 5.97 Å². The van der Waals surface area contributed by atoms with Crippen LogP contribution in [0.4, 0.5) is 0 Å². The topological polar surface area (TPSA) is 53.6 Å². The molecule has 0 amide bonds. The maximum Gasteiger partial charge on any atom is 0.306 e. The Morgan fingerprint density at radius 2 is 1.78 bits per heavy atom. The van der Waals surface area contributed by atoms with Crippen molar-refractivity contribution < 1.29 is 18.7 Å². The van der Waals surface area contributed by atoms with Gasteiger partial charge in [0.15, 0.2) is 0 Å². The van der Waals surface area contributed by atoms with Crippen molar-refractivity contribution in [1.82, 2.24) is 4.57 Å². The number of esters is 1. The Bertz CT molecular complexity index is 1110. The molecular formula is C27H27NO4. The maximum absolute atomic E-state index is 11.9. The van der Waals surface area contributed by atoms with Crippen LogP contribution < -0.4 is 4.74 Å². The highest BCUT2D eigenvalue weighted by atomic mass is 16.5. The fourth-order valence-corrected chi connectivity index (χ4v) is 3.64. The first kappa shape index (κ1) is 21.5. The number of hydrogen-bond donors (Lipinski definition) is 0. The Morgan fingerprint density at radius 3 is 2.50 bits per heavy atom. The van der Waals surface area contributed by atoms with Crippen molar-refractivity contribution in [1.29, 1.82) is 0 Å². The molecule has 2 heterocycles. The van der Waals surface area contributed by atoms with E-state index in [1.807, 2.05) is 49.4 Å². The maximum atomic E-state index is 11.9. The van der Waals surface area contributed by atoms with Gasteiger partial charge in [0.2, 0.25) is 0 Å². The normalized spacial score (nSPS) is 10.8. The number of carbonyl (C=O) groups excluding carboxylic acids is 1. The van der Waals surface area contributed by atoms with E-state index in [4.69, 9.17) is 13.9 Å². The zero-order chi connectivity index (χ0) is 22.2. The lowest BCUT2D eigenvalue weighted by atomic mass is 10.0.